The molecule has 2 aliphatic carbocycles. The molecule has 2 amide bonds. The molecule has 1 aromatic carbocycles. The fourth-order valence-corrected chi connectivity index (χ4v) is 5.20. The van der Waals surface area contributed by atoms with Crippen molar-refractivity contribution >= 4 is 35.1 Å². The second kappa shape index (κ2) is 9.18. The van der Waals surface area contributed by atoms with Gasteiger partial charge in [0.2, 0.25) is 11.8 Å². The minimum atomic E-state index is -0.577. The Balaban J connectivity index is 0.00000240. The molecule has 0 aliphatic heterocycles. The zero-order valence-corrected chi connectivity index (χ0v) is 17.6. The highest BCUT2D eigenvalue weighted by molar-refractivity contribution is 5.90. The molecule has 2 aliphatic rings. The molecule has 0 radical (unpaired) electrons. The van der Waals surface area contributed by atoms with E-state index in [1.165, 1.54) is 6.42 Å². The fraction of sp³-hybridized carbons (Fsp3) is 0.545. The van der Waals surface area contributed by atoms with Crippen molar-refractivity contribution in [2.75, 3.05) is 7.05 Å². The number of hydrogen-bond acceptors (Lipinski definition) is 3. The molecular formula is C22H31ClN4O2. The largest absolute Gasteiger partial charge is 0.361 e. The van der Waals surface area contributed by atoms with Crippen LogP contribution in [0.3, 0.4) is 0 Å². The molecule has 7 heteroatoms. The Morgan fingerprint density at radius 2 is 1.90 bits per heavy atom. The predicted octanol–water partition coefficient (Wildman–Crippen LogP) is 2.52. The summed E-state index contributed by atoms with van der Waals surface area (Å²) in [5.74, 6) is 0.680. The van der Waals surface area contributed by atoms with E-state index in [1.807, 2.05) is 30.5 Å². The number of likely N-dealkylation sites (N-methyl/N-ethyl adjacent to an activating group) is 1. The van der Waals surface area contributed by atoms with Gasteiger partial charge >= 0.3 is 0 Å². The number of amides is 2. The molecule has 5 N–H and O–H groups in total. The lowest BCUT2D eigenvalue weighted by atomic mass is 9.65. The molecule has 1 heterocycles. The molecule has 2 fully saturated rings. The molecule has 2 aromatic rings. The average molecular weight is 419 g/mol. The van der Waals surface area contributed by atoms with Crippen molar-refractivity contribution in [3.05, 3.63) is 36.0 Å². The van der Waals surface area contributed by atoms with Gasteiger partial charge in [-0.25, -0.2) is 0 Å². The summed E-state index contributed by atoms with van der Waals surface area (Å²) in [7, 11) is 1.61. The summed E-state index contributed by atoms with van der Waals surface area (Å²) in [6, 6.07) is 7.66. The van der Waals surface area contributed by atoms with Gasteiger partial charge in [0.1, 0.15) is 6.04 Å². The molecule has 3 atom stereocenters. The number of benzene rings is 1. The number of halogens is 1. The highest BCUT2D eigenvalue weighted by atomic mass is 35.5. The smallest absolute Gasteiger partial charge is 0.242 e. The Hall–Kier alpha value is -2.05. The fourth-order valence-electron chi connectivity index (χ4n) is 5.20. The van der Waals surface area contributed by atoms with E-state index in [4.69, 9.17) is 5.73 Å². The lowest BCUT2D eigenvalue weighted by Crippen LogP contribution is -2.53. The van der Waals surface area contributed by atoms with Crippen molar-refractivity contribution < 1.29 is 9.59 Å². The van der Waals surface area contributed by atoms with Crippen molar-refractivity contribution in [2.24, 2.45) is 23.5 Å². The molecule has 2 bridgehead atoms. The van der Waals surface area contributed by atoms with Gasteiger partial charge in [-0.1, -0.05) is 24.6 Å². The summed E-state index contributed by atoms with van der Waals surface area (Å²) in [6.45, 7) is 0. The summed E-state index contributed by atoms with van der Waals surface area (Å²) in [4.78, 5) is 28.7. The number of carbonyl (C=O) groups is 2. The number of aromatic amines is 1. The van der Waals surface area contributed by atoms with Crippen LogP contribution in [0.25, 0.3) is 10.9 Å². The minimum absolute atomic E-state index is 0. The standard InChI is InChI=1S/C22H30N4O2.ClH/c1-24-22(28)19(11-16-12-25-18-8-3-2-7-17(16)18)26-21(27)15-9-13-5-4-6-14(10-15)20(13)23;/h2-3,7-8,12-15,19-20,25H,4-6,9-11,23H2,1H3,(H,24,28)(H,26,27);1H/t13?,14?,15?,19-,20?;/m0./s1. The first-order chi connectivity index (χ1) is 13.6. The molecule has 4 rings (SSSR count). The average Bonchev–Trinajstić information content (AvgIpc) is 3.09. The quantitative estimate of drug-likeness (QED) is 0.600. The maximum absolute atomic E-state index is 13.0. The lowest BCUT2D eigenvalue weighted by Gasteiger charge is -2.43. The van der Waals surface area contributed by atoms with Crippen LogP contribution in [0.1, 0.15) is 37.7 Å². The summed E-state index contributed by atoms with van der Waals surface area (Å²) < 4.78 is 0. The van der Waals surface area contributed by atoms with Crippen LogP contribution in [-0.2, 0) is 16.0 Å². The van der Waals surface area contributed by atoms with E-state index in [-0.39, 0.29) is 36.2 Å². The minimum Gasteiger partial charge on any atom is -0.361 e. The van der Waals surface area contributed by atoms with Crippen LogP contribution in [0.2, 0.25) is 0 Å². The number of para-hydroxylation sites is 1. The highest BCUT2D eigenvalue weighted by Crippen LogP contribution is 2.41. The van der Waals surface area contributed by atoms with E-state index >= 15 is 0 Å². The number of carbonyl (C=O) groups excluding carboxylic acids is 2. The van der Waals surface area contributed by atoms with Crippen LogP contribution in [0, 0.1) is 17.8 Å². The third-order valence-corrected chi connectivity index (χ3v) is 6.76. The molecule has 0 saturated heterocycles. The molecule has 29 heavy (non-hydrogen) atoms. The maximum Gasteiger partial charge on any atom is 0.242 e. The second-order valence-corrected chi connectivity index (χ2v) is 8.44. The van der Waals surface area contributed by atoms with Gasteiger partial charge in [0.15, 0.2) is 0 Å². The number of aromatic nitrogens is 1. The summed E-state index contributed by atoms with van der Waals surface area (Å²) >= 11 is 0. The Kier molecular flexibility index (Phi) is 6.85. The number of H-pyrrole nitrogens is 1. The Bertz CT molecular complexity index is 853. The van der Waals surface area contributed by atoms with Crippen molar-refractivity contribution in [2.45, 2.75) is 50.6 Å². The van der Waals surface area contributed by atoms with Crippen LogP contribution < -0.4 is 16.4 Å². The Labute approximate surface area is 177 Å². The van der Waals surface area contributed by atoms with Gasteiger partial charge in [-0.3, -0.25) is 9.59 Å². The first-order valence-corrected chi connectivity index (χ1v) is 10.4. The van der Waals surface area contributed by atoms with Crippen molar-refractivity contribution in [3.8, 4) is 0 Å². The summed E-state index contributed by atoms with van der Waals surface area (Å²) in [5.41, 5.74) is 8.43. The van der Waals surface area contributed by atoms with Gasteiger partial charge in [0.25, 0.3) is 0 Å². The van der Waals surface area contributed by atoms with Gasteiger partial charge in [0.05, 0.1) is 0 Å². The van der Waals surface area contributed by atoms with Gasteiger partial charge < -0.3 is 21.4 Å². The highest BCUT2D eigenvalue weighted by Gasteiger charge is 2.41. The number of nitrogens with one attached hydrogen (secondary N) is 3. The molecular weight excluding hydrogens is 388 g/mol. The van der Waals surface area contributed by atoms with Gasteiger partial charge in [-0.2, -0.15) is 0 Å². The van der Waals surface area contributed by atoms with E-state index in [1.54, 1.807) is 7.05 Å². The number of fused-ring (bicyclic) bond motifs is 3. The van der Waals surface area contributed by atoms with Crippen LogP contribution >= 0.6 is 12.4 Å². The normalized spacial score (nSPS) is 27.0. The first kappa shape index (κ1) is 21.7. The van der Waals surface area contributed by atoms with Crippen molar-refractivity contribution in [3.63, 3.8) is 0 Å². The predicted molar refractivity (Wildman–Crippen MR) is 117 cm³/mol. The van der Waals surface area contributed by atoms with Gasteiger partial charge in [-0.15, -0.1) is 12.4 Å². The zero-order chi connectivity index (χ0) is 19.7. The lowest BCUT2D eigenvalue weighted by molar-refractivity contribution is -0.132. The van der Waals surface area contributed by atoms with Crippen LogP contribution in [-0.4, -0.2) is 35.9 Å². The van der Waals surface area contributed by atoms with Crippen molar-refractivity contribution in [1.82, 2.24) is 15.6 Å². The van der Waals surface area contributed by atoms with E-state index in [9.17, 15) is 9.59 Å². The molecule has 0 spiro atoms. The monoisotopic (exact) mass is 418 g/mol. The van der Waals surface area contributed by atoms with Crippen molar-refractivity contribution in [1.29, 1.82) is 0 Å². The number of rotatable bonds is 5. The maximum atomic E-state index is 13.0. The van der Waals surface area contributed by atoms with Crippen LogP contribution in [0.4, 0.5) is 0 Å². The zero-order valence-electron chi connectivity index (χ0n) is 16.8. The SMILES string of the molecule is CNC(=O)[C@H](Cc1c[nH]c2ccccc12)NC(=O)C1CC2CCCC(C1)C2N.Cl. The Morgan fingerprint density at radius 3 is 2.59 bits per heavy atom. The van der Waals surface area contributed by atoms with Gasteiger partial charge in [-0.05, 0) is 49.1 Å². The molecule has 6 nitrogen and oxygen atoms in total. The third kappa shape index (κ3) is 4.43. The van der Waals surface area contributed by atoms with E-state index < -0.39 is 6.04 Å². The Morgan fingerprint density at radius 1 is 1.21 bits per heavy atom. The first-order valence-electron chi connectivity index (χ1n) is 10.4. The van der Waals surface area contributed by atoms with E-state index in [2.05, 4.69) is 15.6 Å². The van der Waals surface area contributed by atoms with Crippen LogP contribution in [0.15, 0.2) is 30.5 Å². The molecule has 2 saturated carbocycles. The summed E-state index contributed by atoms with van der Waals surface area (Å²) in [5, 5.41) is 6.82. The number of hydrogen-bond donors (Lipinski definition) is 4. The third-order valence-electron chi connectivity index (χ3n) is 6.76. The molecule has 2 unspecified atom stereocenters. The van der Waals surface area contributed by atoms with Gasteiger partial charge in [0, 0.05) is 42.5 Å². The van der Waals surface area contributed by atoms with Crippen LogP contribution in [0.5, 0.6) is 0 Å². The molecule has 1 aromatic heterocycles. The van der Waals surface area contributed by atoms with E-state index in [0.29, 0.717) is 18.3 Å². The summed E-state index contributed by atoms with van der Waals surface area (Å²) in [6.07, 6.45) is 7.55. The molecule has 158 valence electrons. The second-order valence-electron chi connectivity index (χ2n) is 8.44. The number of nitrogens with two attached hydrogens (primary N) is 1. The topological polar surface area (TPSA) is 100 Å². The van der Waals surface area contributed by atoms with E-state index in [0.717, 1.165) is 42.1 Å².